The summed E-state index contributed by atoms with van der Waals surface area (Å²) in [5.41, 5.74) is -0.626. The molecule has 1 aliphatic carbocycles. The number of nitrogens with zero attached hydrogens (tertiary/aromatic N) is 4. The maximum atomic E-state index is 13.2. The monoisotopic (exact) mass is 378 g/mol. The number of carbonyl (C=O) groups excluding carboxylic acids is 1. The summed E-state index contributed by atoms with van der Waals surface area (Å²) in [6.07, 6.45) is 2.15. The van der Waals surface area contributed by atoms with Gasteiger partial charge in [-0.3, -0.25) is 9.48 Å². The van der Waals surface area contributed by atoms with Crippen LogP contribution in [0.3, 0.4) is 0 Å². The molecule has 1 aliphatic heterocycles. The summed E-state index contributed by atoms with van der Waals surface area (Å²) in [5.74, 6) is 0.360. The van der Waals surface area contributed by atoms with E-state index in [1.54, 1.807) is 11.0 Å². The molecule has 0 N–H and O–H groups in total. The minimum atomic E-state index is -4.36. The Balaban J connectivity index is 1.46. The van der Waals surface area contributed by atoms with Crippen LogP contribution >= 0.6 is 0 Å². The molecule has 8 heteroatoms. The molecule has 1 aromatic heterocycles. The number of benzene rings is 1. The van der Waals surface area contributed by atoms with Gasteiger partial charge in [0.1, 0.15) is 12.7 Å². The number of piperidine rings is 1. The second-order valence-electron chi connectivity index (χ2n) is 7.53. The lowest BCUT2D eigenvalue weighted by Gasteiger charge is -2.35. The number of alkyl halides is 3. The number of halogens is 3. The number of amides is 1. The highest BCUT2D eigenvalue weighted by molar-refractivity contribution is 5.91. The molecule has 4 rings (SSSR count). The Labute approximate surface area is 155 Å². The van der Waals surface area contributed by atoms with E-state index in [1.165, 1.54) is 18.5 Å². The average Bonchev–Trinajstić information content (AvgIpc) is 3.31. The summed E-state index contributed by atoms with van der Waals surface area (Å²) in [6.45, 7) is 2.08. The molecule has 1 saturated heterocycles. The predicted molar refractivity (Wildman–Crippen MR) is 91.7 cm³/mol. The van der Waals surface area contributed by atoms with Crippen LogP contribution in [0.4, 0.5) is 13.2 Å². The van der Waals surface area contributed by atoms with Crippen LogP contribution in [0.25, 0.3) is 0 Å². The van der Waals surface area contributed by atoms with Crippen LogP contribution in [0.5, 0.6) is 0 Å². The van der Waals surface area contributed by atoms with Gasteiger partial charge in [-0.05, 0) is 49.3 Å². The van der Waals surface area contributed by atoms with Gasteiger partial charge in [0.15, 0.2) is 0 Å². The molecular weight excluding hydrogens is 357 g/mol. The first kappa shape index (κ1) is 18.0. The predicted octanol–water partition coefficient (Wildman–Crippen LogP) is 3.27. The molecule has 2 aliphatic rings. The van der Waals surface area contributed by atoms with Gasteiger partial charge in [-0.2, -0.15) is 18.3 Å². The molecule has 1 saturated carbocycles. The smallest absolute Gasteiger partial charge is 0.342 e. The van der Waals surface area contributed by atoms with Crippen LogP contribution in [-0.2, 0) is 22.9 Å². The minimum absolute atomic E-state index is 0.0468. The second kappa shape index (κ2) is 6.65. The third-order valence-electron chi connectivity index (χ3n) is 5.64. The van der Waals surface area contributed by atoms with E-state index in [-0.39, 0.29) is 5.91 Å². The van der Waals surface area contributed by atoms with Crippen molar-refractivity contribution in [2.24, 2.45) is 5.92 Å². The largest absolute Gasteiger partial charge is 0.416 e. The van der Waals surface area contributed by atoms with E-state index in [1.807, 2.05) is 4.90 Å². The average molecular weight is 378 g/mol. The van der Waals surface area contributed by atoms with Gasteiger partial charge in [-0.25, -0.2) is 4.98 Å². The van der Waals surface area contributed by atoms with Crippen molar-refractivity contribution in [3.63, 3.8) is 0 Å². The van der Waals surface area contributed by atoms with Crippen molar-refractivity contribution < 1.29 is 18.0 Å². The number of hydrogen-bond acceptors (Lipinski definition) is 3. The first-order valence-electron chi connectivity index (χ1n) is 9.18. The maximum absolute atomic E-state index is 13.2. The van der Waals surface area contributed by atoms with Gasteiger partial charge in [0.25, 0.3) is 0 Å². The third-order valence-corrected chi connectivity index (χ3v) is 5.64. The molecule has 5 nitrogen and oxygen atoms in total. The first-order valence-corrected chi connectivity index (χ1v) is 9.18. The van der Waals surface area contributed by atoms with E-state index in [9.17, 15) is 18.0 Å². The Morgan fingerprint density at radius 2 is 1.96 bits per heavy atom. The standard InChI is InChI=1S/C19H21F3N4O/c20-19(21,22)16-5-3-15(4-6-16)18(7-8-18)17(27)25-9-1-2-14(10-25)11-26-13-23-12-24-26/h3-6,12-14H,1-2,7-11H2. The lowest BCUT2D eigenvalue weighted by Crippen LogP contribution is -2.45. The Morgan fingerprint density at radius 1 is 1.22 bits per heavy atom. The Morgan fingerprint density at radius 3 is 2.56 bits per heavy atom. The maximum Gasteiger partial charge on any atom is 0.416 e. The van der Waals surface area contributed by atoms with Crippen LogP contribution in [0.15, 0.2) is 36.9 Å². The van der Waals surface area contributed by atoms with Crippen molar-refractivity contribution in [2.45, 2.75) is 43.8 Å². The minimum Gasteiger partial charge on any atom is -0.342 e. The number of aromatic nitrogens is 3. The van der Waals surface area contributed by atoms with Crippen LogP contribution in [-0.4, -0.2) is 38.7 Å². The van der Waals surface area contributed by atoms with Crippen molar-refractivity contribution in [1.29, 1.82) is 0 Å². The summed E-state index contributed by atoms with van der Waals surface area (Å²) < 4.78 is 40.2. The number of rotatable bonds is 4. The number of likely N-dealkylation sites (tertiary alicyclic amines) is 1. The number of hydrogen-bond donors (Lipinski definition) is 0. The van der Waals surface area contributed by atoms with E-state index in [2.05, 4.69) is 10.1 Å². The zero-order valence-corrected chi connectivity index (χ0v) is 14.8. The van der Waals surface area contributed by atoms with Crippen LogP contribution < -0.4 is 0 Å². The summed E-state index contributed by atoms with van der Waals surface area (Å²) in [7, 11) is 0. The van der Waals surface area contributed by atoms with Crippen molar-refractivity contribution in [1.82, 2.24) is 19.7 Å². The fraction of sp³-hybridized carbons (Fsp3) is 0.526. The molecule has 1 amide bonds. The summed E-state index contributed by atoms with van der Waals surface area (Å²) in [5, 5.41) is 4.13. The molecule has 1 aromatic carbocycles. The zero-order chi connectivity index (χ0) is 19.1. The molecular formula is C19H21F3N4O. The molecule has 2 aromatic rings. The van der Waals surface area contributed by atoms with Crippen molar-refractivity contribution in [3.8, 4) is 0 Å². The highest BCUT2D eigenvalue weighted by Gasteiger charge is 2.53. The summed E-state index contributed by atoms with van der Waals surface area (Å²) in [6, 6.07) is 5.08. The summed E-state index contributed by atoms with van der Waals surface area (Å²) >= 11 is 0. The third kappa shape index (κ3) is 3.57. The molecule has 27 heavy (non-hydrogen) atoms. The molecule has 0 bridgehead atoms. The first-order chi connectivity index (χ1) is 12.9. The van der Waals surface area contributed by atoms with Gasteiger partial charge < -0.3 is 4.90 Å². The topological polar surface area (TPSA) is 51.0 Å². The molecule has 0 radical (unpaired) electrons. The SMILES string of the molecule is O=C(N1CCCC(Cn2cncn2)C1)C1(c2ccc(C(F)(F)F)cc2)CC1. The van der Waals surface area contributed by atoms with E-state index in [4.69, 9.17) is 0 Å². The molecule has 0 spiro atoms. The molecule has 2 fully saturated rings. The highest BCUT2D eigenvalue weighted by Crippen LogP contribution is 2.50. The zero-order valence-electron chi connectivity index (χ0n) is 14.8. The molecule has 144 valence electrons. The van der Waals surface area contributed by atoms with Gasteiger partial charge in [0, 0.05) is 19.6 Å². The fourth-order valence-corrected chi connectivity index (χ4v) is 4.02. The fourth-order valence-electron chi connectivity index (χ4n) is 4.02. The van der Waals surface area contributed by atoms with Gasteiger partial charge >= 0.3 is 6.18 Å². The quantitative estimate of drug-likeness (QED) is 0.821. The van der Waals surface area contributed by atoms with Crippen molar-refractivity contribution in [3.05, 3.63) is 48.0 Å². The Hall–Kier alpha value is -2.38. The molecule has 2 heterocycles. The second-order valence-corrected chi connectivity index (χ2v) is 7.53. The Bertz CT molecular complexity index is 797. The van der Waals surface area contributed by atoms with Gasteiger partial charge in [0.05, 0.1) is 11.0 Å². The molecule has 1 unspecified atom stereocenters. The van der Waals surface area contributed by atoms with E-state index in [0.29, 0.717) is 37.4 Å². The van der Waals surface area contributed by atoms with Crippen LogP contribution in [0.1, 0.15) is 36.8 Å². The highest BCUT2D eigenvalue weighted by atomic mass is 19.4. The Kier molecular flexibility index (Phi) is 4.44. The van der Waals surface area contributed by atoms with Gasteiger partial charge in [-0.1, -0.05) is 12.1 Å². The van der Waals surface area contributed by atoms with Gasteiger partial charge in [-0.15, -0.1) is 0 Å². The lowest BCUT2D eigenvalue weighted by atomic mass is 9.91. The number of carbonyl (C=O) groups is 1. The summed E-state index contributed by atoms with van der Waals surface area (Å²) in [4.78, 5) is 19.0. The van der Waals surface area contributed by atoms with Crippen LogP contribution in [0, 0.1) is 5.92 Å². The van der Waals surface area contributed by atoms with Crippen molar-refractivity contribution in [2.75, 3.05) is 13.1 Å². The normalized spacial score (nSPS) is 21.9. The molecule has 1 atom stereocenters. The van der Waals surface area contributed by atoms with E-state index < -0.39 is 17.2 Å². The van der Waals surface area contributed by atoms with Crippen LogP contribution in [0.2, 0.25) is 0 Å². The van der Waals surface area contributed by atoms with Gasteiger partial charge in [0.2, 0.25) is 5.91 Å². The van der Waals surface area contributed by atoms with E-state index in [0.717, 1.165) is 31.5 Å². The lowest BCUT2D eigenvalue weighted by molar-refractivity contribution is -0.137. The van der Waals surface area contributed by atoms with Crippen molar-refractivity contribution >= 4 is 5.91 Å². The van der Waals surface area contributed by atoms with E-state index >= 15 is 0 Å².